The molecule has 2 heteroatoms. The van der Waals surface area contributed by atoms with Gasteiger partial charge in [-0.15, -0.1) is 0 Å². The van der Waals surface area contributed by atoms with Crippen LogP contribution in [-0.2, 0) is 6.42 Å². The van der Waals surface area contributed by atoms with Crippen LogP contribution in [0.25, 0.3) is 10.8 Å². The molecule has 0 saturated carbocycles. The van der Waals surface area contributed by atoms with Gasteiger partial charge in [-0.25, -0.2) is 0 Å². The fourth-order valence-corrected chi connectivity index (χ4v) is 7.45. The molecule has 0 aliphatic rings. The van der Waals surface area contributed by atoms with Crippen LogP contribution in [0.5, 0.6) is 11.5 Å². The van der Waals surface area contributed by atoms with E-state index in [1.54, 1.807) is 0 Å². The van der Waals surface area contributed by atoms with Crippen molar-refractivity contribution in [1.29, 1.82) is 0 Å². The molecule has 0 radical (unpaired) electrons. The molecule has 2 aromatic carbocycles. The van der Waals surface area contributed by atoms with Crippen molar-refractivity contribution in [3.05, 3.63) is 135 Å². The third kappa shape index (κ3) is 21.3. The molecule has 2 rings (SSSR count). The molecule has 2 aromatic rings. The second-order valence-electron chi connectivity index (χ2n) is 17.7. The summed E-state index contributed by atoms with van der Waals surface area (Å²) in [6.07, 6.45) is 40.6. The van der Waals surface area contributed by atoms with Crippen LogP contribution in [-0.4, -0.2) is 10.2 Å². The first-order chi connectivity index (χ1) is 27.7. The SMILES string of the molecule is CC(C)=CCC/C(C)=C/CCC(C)[CH-]CC/C(C)=C/CC/C(C)=C/CC/C(C)=C/CC/C(C)=C/CC/C(C)=C/CC/C(C)=C/Cc1c(C)c(O)c2ccccc2c1O. The summed E-state index contributed by atoms with van der Waals surface area (Å²) in [5.41, 5.74) is 13.3. The molecule has 0 aromatic heterocycles. The fraction of sp³-hybridized carbons (Fsp3) is 0.518. The summed E-state index contributed by atoms with van der Waals surface area (Å²) in [7, 11) is 0. The molecule has 58 heavy (non-hydrogen) atoms. The third-order valence-electron chi connectivity index (χ3n) is 11.7. The molecule has 0 spiro atoms. The van der Waals surface area contributed by atoms with E-state index in [1.165, 1.54) is 89.5 Å². The average molecular weight is 788 g/mol. The minimum Gasteiger partial charge on any atom is -0.507 e. The Balaban J connectivity index is 1.59. The zero-order valence-electron chi connectivity index (χ0n) is 39.0. The van der Waals surface area contributed by atoms with E-state index < -0.39 is 0 Å². The molecular weight excluding hydrogens is 705 g/mol. The third-order valence-corrected chi connectivity index (χ3v) is 11.7. The highest BCUT2D eigenvalue weighted by atomic mass is 16.3. The first kappa shape index (κ1) is 50.4. The Hall–Kier alpha value is -3.78. The van der Waals surface area contributed by atoms with Crippen molar-refractivity contribution in [2.75, 3.05) is 0 Å². The predicted octanol–water partition coefficient (Wildman–Crippen LogP) is 17.8. The molecule has 1 atom stereocenters. The Kier molecular flexibility index (Phi) is 24.8. The molecule has 320 valence electrons. The van der Waals surface area contributed by atoms with Gasteiger partial charge in [0.05, 0.1) is 0 Å². The summed E-state index contributed by atoms with van der Waals surface area (Å²) >= 11 is 0. The molecule has 0 amide bonds. The maximum Gasteiger partial charge on any atom is 0.127 e. The molecule has 1 unspecified atom stereocenters. The highest BCUT2D eigenvalue weighted by molar-refractivity contribution is 5.95. The lowest BCUT2D eigenvalue weighted by Crippen LogP contribution is -1.96. The first-order valence-corrected chi connectivity index (χ1v) is 22.7. The molecule has 0 heterocycles. The second-order valence-corrected chi connectivity index (χ2v) is 17.7. The number of hydrogen-bond donors (Lipinski definition) is 2. The fourth-order valence-electron chi connectivity index (χ4n) is 7.45. The Labute approximate surface area is 357 Å². The maximum atomic E-state index is 10.9. The minimum absolute atomic E-state index is 0.267. The summed E-state index contributed by atoms with van der Waals surface area (Å²) in [5, 5.41) is 23.0. The van der Waals surface area contributed by atoms with E-state index in [2.05, 4.69) is 124 Å². The van der Waals surface area contributed by atoms with Crippen LogP contribution in [0, 0.1) is 19.3 Å². The van der Waals surface area contributed by atoms with Gasteiger partial charge in [-0.3, -0.25) is 0 Å². The van der Waals surface area contributed by atoms with E-state index in [0.717, 1.165) is 68.9 Å². The van der Waals surface area contributed by atoms with Crippen LogP contribution in [0.3, 0.4) is 0 Å². The zero-order chi connectivity index (χ0) is 42.9. The number of allylic oxidation sites excluding steroid dienone is 16. The number of hydrogen-bond acceptors (Lipinski definition) is 2. The van der Waals surface area contributed by atoms with Gasteiger partial charge in [0.25, 0.3) is 0 Å². The molecule has 0 bridgehead atoms. The summed E-state index contributed by atoms with van der Waals surface area (Å²) in [6, 6.07) is 7.50. The smallest absolute Gasteiger partial charge is 0.127 e. The quantitative estimate of drug-likeness (QED) is 0.0538. The monoisotopic (exact) mass is 788 g/mol. The lowest BCUT2D eigenvalue weighted by Gasteiger charge is -2.21. The van der Waals surface area contributed by atoms with Crippen LogP contribution in [0.4, 0.5) is 0 Å². The maximum absolute atomic E-state index is 10.9. The van der Waals surface area contributed by atoms with Gasteiger partial charge in [0, 0.05) is 16.3 Å². The van der Waals surface area contributed by atoms with Crippen molar-refractivity contribution in [2.45, 2.75) is 185 Å². The molecule has 0 fully saturated rings. The van der Waals surface area contributed by atoms with E-state index in [1.807, 2.05) is 31.2 Å². The number of rotatable bonds is 27. The van der Waals surface area contributed by atoms with Crippen molar-refractivity contribution < 1.29 is 10.2 Å². The minimum atomic E-state index is 0.267. The van der Waals surface area contributed by atoms with E-state index in [-0.39, 0.29) is 11.5 Å². The van der Waals surface area contributed by atoms with Gasteiger partial charge < -0.3 is 16.6 Å². The van der Waals surface area contributed by atoms with Crippen molar-refractivity contribution in [3.63, 3.8) is 0 Å². The van der Waals surface area contributed by atoms with Crippen molar-refractivity contribution >= 4 is 10.8 Å². The van der Waals surface area contributed by atoms with Crippen molar-refractivity contribution in [3.8, 4) is 11.5 Å². The summed E-state index contributed by atoms with van der Waals surface area (Å²) < 4.78 is 0. The molecule has 0 aliphatic carbocycles. The lowest BCUT2D eigenvalue weighted by molar-refractivity contribution is 0.461. The summed E-state index contributed by atoms with van der Waals surface area (Å²) in [5.74, 6) is 1.24. The first-order valence-electron chi connectivity index (χ1n) is 22.7. The molecule has 0 saturated heterocycles. The number of aromatic hydroxyl groups is 2. The van der Waals surface area contributed by atoms with Gasteiger partial charge in [-0.2, -0.15) is 12.3 Å². The van der Waals surface area contributed by atoms with Crippen LogP contribution in [0.15, 0.2) is 117 Å². The van der Waals surface area contributed by atoms with Gasteiger partial charge in [0.1, 0.15) is 11.5 Å². The highest BCUT2D eigenvalue weighted by Crippen LogP contribution is 2.39. The Morgan fingerprint density at radius 3 is 1.29 bits per heavy atom. The van der Waals surface area contributed by atoms with E-state index in [0.29, 0.717) is 23.1 Å². The summed E-state index contributed by atoms with van der Waals surface area (Å²) in [6.45, 7) is 24.5. The van der Waals surface area contributed by atoms with Crippen LogP contribution >= 0.6 is 0 Å². The Bertz CT molecular complexity index is 1790. The average Bonchev–Trinajstić information content (AvgIpc) is 3.17. The standard InChI is InChI=1S/C56H83O2/c1-42(2)22-14-23-43(3)24-15-25-44(4)26-16-27-45(5)28-17-29-46(6)30-18-31-47(7)32-19-33-48(8)34-20-35-49(9)36-21-37-50(10)40-41-52-51(11)55(57)53-38-12-13-39-54(53)56(52)58/h12-13,22,24,26,28,30,32,34,36,38-40,44,57-58H,14-21,23,25,27,29,31,33,35,37,41H2,1-11H3/q-1/b43-24+,45-28+,46-30+,47-32+,48-34+,49-36+,50-40+. The normalized spacial score (nSPS) is 14.4. The van der Waals surface area contributed by atoms with Crippen LogP contribution < -0.4 is 0 Å². The second kappa shape index (κ2) is 28.6. The Morgan fingerprint density at radius 2 is 0.862 bits per heavy atom. The molecular formula is C56H83O2-. The van der Waals surface area contributed by atoms with Gasteiger partial charge >= 0.3 is 0 Å². The number of benzene rings is 2. The van der Waals surface area contributed by atoms with Crippen molar-refractivity contribution in [1.82, 2.24) is 0 Å². The predicted molar refractivity (Wildman–Crippen MR) is 259 cm³/mol. The molecule has 2 N–H and O–H groups in total. The van der Waals surface area contributed by atoms with E-state index >= 15 is 0 Å². The van der Waals surface area contributed by atoms with E-state index in [9.17, 15) is 10.2 Å². The number of phenols is 2. The zero-order valence-corrected chi connectivity index (χ0v) is 39.0. The van der Waals surface area contributed by atoms with Gasteiger partial charge in [0.15, 0.2) is 0 Å². The Morgan fingerprint density at radius 1 is 0.500 bits per heavy atom. The summed E-state index contributed by atoms with van der Waals surface area (Å²) in [4.78, 5) is 0. The largest absolute Gasteiger partial charge is 0.507 e. The van der Waals surface area contributed by atoms with Crippen LogP contribution in [0.2, 0.25) is 0 Å². The topological polar surface area (TPSA) is 40.5 Å². The number of fused-ring (bicyclic) bond motifs is 1. The van der Waals surface area contributed by atoms with Gasteiger partial charge in [-0.05, 0) is 165 Å². The molecule has 2 nitrogen and oxygen atoms in total. The van der Waals surface area contributed by atoms with E-state index in [4.69, 9.17) is 0 Å². The highest BCUT2D eigenvalue weighted by Gasteiger charge is 2.14. The van der Waals surface area contributed by atoms with Gasteiger partial charge in [-0.1, -0.05) is 137 Å². The van der Waals surface area contributed by atoms with Gasteiger partial charge in [0.2, 0.25) is 0 Å². The molecule has 0 aliphatic heterocycles. The van der Waals surface area contributed by atoms with Crippen molar-refractivity contribution in [2.24, 2.45) is 5.92 Å². The number of phenolic OH excluding ortho intramolecular Hbond substituents is 2. The lowest BCUT2D eigenvalue weighted by atomic mass is 9.95. The van der Waals surface area contributed by atoms with Crippen LogP contribution in [0.1, 0.15) is 183 Å².